The third-order valence-electron chi connectivity index (χ3n) is 2.85. The van der Waals surface area contributed by atoms with Gasteiger partial charge in [0.15, 0.2) is 0 Å². The highest BCUT2D eigenvalue weighted by atomic mass is 19.1. The lowest BCUT2D eigenvalue weighted by Gasteiger charge is -2.09. The molecule has 1 heterocycles. The predicted molar refractivity (Wildman–Crippen MR) is 79.5 cm³/mol. The zero-order valence-electron chi connectivity index (χ0n) is 11.8. The van der Waals surface area contributed by atoms with Gasteiger partial charge in [0.25, 0.3) is 0 Å². The predicted octanol–water partition coefficient (Wildman–Crippen LogP) is 3.01. The molecule has 2 aromatic rings. The summed E-state index contributed by atoms with van der Waals surface area (Å²) >= 11 is 0. The first-order valence-electron chi connectivity index (χ1n) is 6.76. The number of anilines is 2. The highest BCUT2D eigenvalue weighted by Gasteiger charge is 2.03. The number of nitrogens with zero attached hydrogens (tertiary/aromatic N) is 2. The van der Waals surface area contributed by atoms with Gasteiger partial charge in [-0.3, -0.25) is 0 Å². The molecule has 2 rings (SSSR count). The Morgan fingerprint density at radius 3 is 2.70 bits per heavy atom. The van der Waals surface area contributed by atoms with Crippen LogP contribution in [0.25, 0.3) is 0 Å². The Bertz CT molecular complexity index is 572. The van der Waals surface area contributed by atoms with Gasteiger partial charge < -0.3 is 10.6 Å². The van der Waals surface area contributed by atoms with Crippen LogP contribution in [-0.4, -0.2) is 23.1 Å². The second kappa shape index (κ2) is 6.84. The Kier molecular flexibility index (Phi) is 4.87. The van der Waals surface area contributed by atoms with Crippen molar-refractivity contribution >= 4 is 11.8 Å². The zero-order chi connectivity index (χ0) is 14.4. The fourth-order valence-corrected chi connectivity index (χ4v) is 1.92. The van der Waals surface area contributed by atoms with Crippen LogP contribution in [-0.2, 0) is 6.42 Å². The standard InChI is InChI=1S/C15H19FN4/c1-3-17-15-19-11(2)10-14(20-15)18-9-8-12-6-4-5-7-13(12)16/h4-7,10H,3,8-9H2,1-2H3,(H2,17,18,19,20). The molecular formula is C15H19FN4. The van der Waals surface area contributed by atoms with Crippen LogP contribution in [0.2, 0.25) is 0 Å². The number of hydrogen-bond acceptors (Lipinski definition) is 4. The molecule has 0 bridgehead atoms. The molecule has 1 aromatic heterocycles. The molecule has 20 heavy (non-hydrogen) atoms. The van der Waals surface area contributed by atoms with E-state index in [1.54, 1.807) is 12.1 Å². The van der Waals surface area contributed by atoms with Crippen molar-refractivity contribution in [1.82, 2.24) is 9.97 Å². The second-order valence-electron chi connectivity index (χ2n) is 4.52. The summed E-state index contributed by atoms with van der Waals surface area (Å²) in [6, 6.07) is 8.70. The fourth-order valence-electron chi connectivity index (χ4n) is 1.92. The molecular weight excluding hydrogens is 255 g/mol. The van der Waals surface area contributed by atoms with Gasteiger partial charge in [0.05, 0.1) is 0 Å². The van der Waals surface area contributed by atoms with Gasteiger partial charge >= 0.3 is 0 Å². The Labute approximate surface area is 118 Å². The van der Waals surface area contributed by atoms with Crippen LogP contribution in [0.1, 0.15) is 18.2 Å². The monoisotopic (exact) mass is 274 g/mol. The number of hydrogen-bond donors (Lipinski definition) is 2. The van der Waals surface area contributed by atoms with Crippen LogP contribution in [0.4, 0.5) is 16.2 Å². The molecule has 0 aliphatic carbocycles. The Balaban J connectivity index is 1.95. The van der Waals surface area contributed by atoms with Gasteiger partial charge in [-0.05, 0) is 31.9 Å². The second-order valence-corrected chi connectivity index (χ2v) is 4.52. The van der Waals surface area contributed by atoms with E-state index in [1.165, 1.54) is 6.07 Å². The van der Waals surface area contributed by atoms with Crippen molar-refractivity contribution in [2.45, 2.75) is 20.3 Å². The van der Waals surface area contributed by atoms with E-state index in [0.29, 0.717) is 24.5 Å². The highest BCUT2D eigenvalue weighted by molar-refractivity contribution is 5.42. The van der Waals surface area contributed by atoms with Crippen LogP contribution in [0.3, 0.4) is 0 Å². The number of aryl methyl sites for hydroxylation is 1. The van der Waals surface area contributed by atoms with Crippen LogP contribution in [0.15, 0.2) is 30.3 Å². The summed E-state index contributed by atoms with van der Waals surface area (Å²) in [5.74, 6) is 1.20. The van der Waals surface area contributed by atoms with E-state index in [-0.39, 0.29) is 5.82 Å². The molecule has 0 spiro atoms. The molecule has 0 amide bonds. The van der Waals surface area contributed by atoms with Crippen molar-refractivity contribution < 1.29 is 4.39 Å². The minimum absolute atomic E-state index is 0.165. The Morgan fingerprint density at radius 1 is 1.15 bits per heavy atom. The average Bonchev–Trinajstić information content (AvgIpc) is 2.41. The lowest BCUT2D eigenvalue weighted by molar-refractivity contribution is 0.610. The number of rotatable bonds is 6. The van der Waals surface area contributed by atoms with E-state index in [9.17, 15) is 4.39 Å². The van der Waals surface area contributed by atoms with Gasteiger partial charge in [0.2, 0.25) is 5.95 Å². The maximum atomic E-state index is 13.5. The summed E-state index contributed by atoms with van der Waals surface area (Å²) in [4.78, 5) is 8.63. The van der Waals surface area contributed by atoms with Gasteiger partial charge in [-0.15, -0.1) is 0 Å². The smallest absolute Gasteiger partial charge is 0.224 e. The van der Waals surface area contributed by atoms with Gasteiger partial charge in [0, 0.05) is 24.8 Å². The normalized spacial score (nSPS) is 10.3. The molecule has 0 atom stereocenters. The van der Waals surface area contributed by atoms with E-state index in [4.69, 9.17) is 0 Å². The molecule has 1 aromatic carbocycles. The van der Waals surface area contributed by atoms with Crippen molar-refractivity contribution in [3.63, 3.8) is 0 Å². The molecule has 0 saturated heterocycles. The molecule has 5 heteroatoms. The van der Waals surface area contributed by atoms with Gasteiger partial charge in [-0.2, -0.15) is 4.98 Å². The lowest BCUT2D eigenvalue weighted by Crippen LogP contribution is -2.10. The summed E-state index contributed by atoms with van der Waals surface area (Å²) in [5.41, 5.74) is 1.60. The first-order chi connectivity index (χ1) is 9.69. The van der Waals surface area contributed by atoms with Crippen LogP contribution < -0.4 is 10.6 Å². The van der Waals surface area contributed by atoms with E-state index in [2.05, 4.69) is 20.6 Å². The maximum Gasteiger partial charge on any atom is 0.224 e. The van der Waals surface area contributed by atoms with Gasteiger partial charge in [-0.1, -0.05) is 18.2 Å². The summed E-state index contributed by atoms with van der Waals surface area (Å²) in [6.45, 7) is 5.32. The Morgan fingerprint density at radius 2 is 1.95 bits per heavy atom. The Hall–Kier alpha value is -2.17. The minimum Gasteiger partial charge on any atom is -0.370 e. The van der Waals surface area contributed by atoms with Crippen molar-refractivity contribution in [2.24, 2.45) is 0 Å². The fraction of sp³-hybridized carbons (Fsp3) is 0.333. The number of benzene rings is 1. The van der Waals surface area contributed by atoms with Gasteiger partial charge in [-0.25, -0.2) is 9.37 Å². The van der Waals surface area contributed by atoms with Crippen molar-refractivity contribution in [1.29, 1.82) is 0 Å². The summed E-state index contributed by atoms with van der Waals surface area (Å²) in [6.07, 6.45) is 0.617. The van der Waals surface area contributed by atoms with Crippen molar-refractivity contribution in [3.05, 3.63) is 47.4 Å². The van der Waals surface area contributed by atoms with Crippen molar-refractivity contribution in [2.75, 3.05) is 23.7 Å². The molecule has 0 unspecified atom stereocenters. The number of aromatic nitrogens is 2. The van der Waals surface area contributed by atoms with Crippen LogP contribution >= 0.6 is 0 Å². The molecule has 2 N–H and O–H groups in total. The van der Waals surface area contributed by atoms with Gasteiger partial charge in [0.1, 0.15) is 11.6 Å². The zero-order valence-corrected chi connectivity index (χ0v) is 11.8. The van der Waals surface area contributed by atoms with Crippen LogP contribution in [0.5, 0.6) is 0 Å². The molecule has 0 aliphatic rings. The summed E-state index contributed by atoms with van der Waals surface area (Å²) in [5, 5.41) is 6.29. The molecule has 0 aliphatic heterocycles. The van der Waals surface area contributed by atoms with E-state index >= 15 is 0 Å². The summed E-state index contributed by atoms with van der Waals surface area (Å²) in [7, 11) is 0. The van der Waals surface area contributed by atoms with Crippen LogP contribution in [0, 0.1) is 12.7 Å². The summed E-state index contributed by atoms with van der Waals surface area (Å²) < 4.78 is 13.5. The quantitative estimate of drug-likeness (QED) is 0.850. The molecule has 0 radical (unpaired) electrons. The van der Waals surface area contributed by atoms with E-state index in [0.717, 1.165) is 18.1 Å². The maximum absolute atomic E-state index is 13.5. The average molecular weight is 274 g/mol. The van der Waals surface area contributed by atoms with E-state index in [1.807, 2.05) is 26.0 Å². The first kappa shape index (κ1) is 14.2. The van der Waals surface area contributed by atoms with Crippen molar-refractivity contribution in [3.8, 4) is 0 Å². The molecule has 0 saturated carbocycles. The lowest BCUT2D eigenvalue weighted by atomic mass is 10.1. The number of halogens is 1. The third kappa shape index (κ3) is 3.91. The molecule has 106 valence electrons. The largest absolute Gasteiger partial charge is 0.370 e. The topological polar surface area (TPSA) is 49.8 Å². The molecule has 0 fully saturated rings. The molecule has 4 nitrogen and oxygen atoms in total. The minimum atomic E-state index is -0.165. The number of nitrogens with one attached hydrogen (secondary N) is 2. The van der Waals surface area contributed by atoms with E-state index < -0.39 is 0 Å². The third-order valence-corrected chi connectivity index (χ3v) is 2.85. The SMILES string of the molecule is CCNc1nc(C)cc(NCCc2ccccc2F)n1. The first-order valence-corrected chi connectivity index (χ1v) is 6.76. The highest BCUT2D eigenvalue weighted by Crippen LogP contribution is 2.11.